The fourth-order valence-electron chi connectivity index (χ4n) is 10.4. The van der Waals surface area contributed by atoms with Gasteiger partial charge < -0.3 is 19.4 Å². The van der Waals surface area contributed by atoms with Crippen LogP contribution in [0.3, 0.4) is 0 Å². The van der Waals surface area contributed by atoms with Crippen molar-refractivity contribution in [1.82, 2.24) is 9.55 Å². The number of benzene rings is 11. The Bertz CT molecular complexity index is 3860. The second-order valence-corrected chi connectivity index (χ2v) is 17.8. The van der Waals surface area contributed by atoms with E-state index in [1.807, 2.05) is 0 Å². The molecule has 70 heavy (non-hydrogen) atoms. The molecule has 0 fully saturated rings. The van der Waals surface area contributed by atoms with Gasteiger partial charge in [-0.2, -0.15) is 0 Å². The number of nitrogens with one attached hydrogen (secondary N) is 1. The van der Waals surface area contributed by atoms with Crippen LogP contribution < -0.4 is 9.80 Å². The molecule has 0 saturated heterocycles. The maximum absolute atomic E-state index is 3.88. The van der Waals surface area contributed by atoms with Crippen molar-refractivity contribution in [1.29, 1.82) is 0 Å². The molecule has 330 valence electrons. The standard InChI is InChI=1S/C66H46N4/c1-5-17-51(18-6-1)68(52-19-7-2-8-20-52)55-39-33-47(34-40-55)46-29-31-50(32-30-46)64-65-59-26-14-16-28-62(59)70(63(65)45-60-58-25-13-15-27-61(58)67-66(60)64)57-43-37-49(38-44-57)48-35-41-56(42-36-48)69(53-21-9-3-10-22-53)54-23-11-4-12-24-54/h1-45,67H. The zero-order chi connectivity index (χ0) is 46.4. The number of hydrogen-bond donors (Lipinski definition) is 1. The fourth-order valence-corrected chi connectivity index (χ4v) is 10.4. The summed E-state index contributed by atoms with van der Waals surface area (Å²) in [6.45, 7) is 0. The van der Waals surface area contributed by atoms with Crippen LogP contribution in [0.1, 0.15) is 0 Å². The Morgan fingerprint density at radius 3 is 1.14 bits per heavy atom. The predicted molar refractivity (Wildman–Crippen MR) is 296 cm³/mol. The molecule has 13 rings (SSSR count). The number of H-pyrrole nitrogens is 1. The van der Waals surface area contributed by atoms with E-state index in [0.29, 0.717) is 0 Å². The first kappa shape index (κ1) is 40.9. The third-order valence-electron chi connectivity index (χ3n) is 13.7. The van der Waals surface area contributed by atoms with Crippen LogP contribution in [0, 0.1) is 0 Å². The second-order valence-electron chi connectivity index (χ2n) is 17.8. The number of hydrogen-bond acceptors (Lipinski definition) is 2. The van der Waals surface area contributed by atoms with Crippen molar-refractivity contribution in [3.05, 3.63) is 273 Å². The summed E-state index contributed by atoms with van der Waals surface area (Å²) < 4.78 is 2.45. The van der Waals surface area contributed by atoms with Crippen molar-refractivity contribution in [2.45, 2.75) is 0 Å². The molecule has 11 aromatic carbocycles. The summed E-state index contributed by atoms with van der Waals surface area (Å²) in [7, 11) is 0. The summed E-state index contributed by atoms with van der Waals surface area (Å²) in [4.78, 5) is 8.48. The third kappa shape index (κ3) is 7.18. The minimum atomic E-state index is 1.11. The third-order valence-corrected chi connectivity index (χ3v) is 13.7. The van der Waals surface area contributed by atoms with Gasteiger partial charge in [-0.15, -0.1) is 0 Å². The van der Waals surface area contributed by atoms with E-state index in [2.05, 4.69) is 292 Å². The minimum absolute atomic E-state index is 1.11. The number of anilines is 6. The zero-order valence-corrected chi connectivity index (χ0v) is 38.3. The molecule has 0 aliphatic heterocycles. The number of aromatic amines is 1. The normalized spacial score (nSPS) is 11.4. The Kier molecular flexibility index (Phi) is 10.1. The minimum Gasteiger partial charge on any atom is -0.354 e. The van der Waals surface area contributed by atoms with Gasteiger partial charge in [-0.1, -0.05) is 170 Å². The molecule has 0 bridgehead atoms. The highest BCUT2D eigenvalue weighted by atomic mass is 15.1. The maximum atomic E-state index is 3.88. The second kappa shape index (κ2) is 17.4. The highest BCUT2D eigenvalue weighted by Gasteiger charge is 2.22. The smallest absolute Gasteiger partial charge is 0.0555 e. The maximum Gasteiger partial charge on any atom is 0.0555 e. The van der Waals surface area contributed by atoms with Crippen molar-refractivity contribution < 1.29 is 0 Å². The van der Waals surface area contributed by atoms with Crippen molar-refractivity contribution >= 4 is 77.7 Å². The van der Waals surface area contributed by atoms with Gasteiger partial charge in [-0.3, -0.25) is 0 Å². The zero-order valence-electron chi connectivity index (χ0n) is 38.3. The molecule has 2 aromatic heterocycles. The lowest BCUT2D eigenvalue weighted by atomic mass is 9.94. The van der Waals surface area contributed by atoms with E-state index in [-0.39, 0.29) is 0 Å². The molecule has 1 N–H and O–H groups in total. The molecule has 0 aliphatic rings. The first-order valence-corrected chi connectivity index (χ1v) is 23.9. The van der Waals surface area contributed by atoms with Crippen LogP contribution in [-0.4, -0.2) is 9.55 Å². The highest BCUT2D eigenvalue weighted by Crippen LogP contribution is 2.46. The van der Waals surface area contributed by atoms with E-state index < -0.39 is 0 Å². The van der Waals surface area contributed by atoms with Crippen LogP contribution in [0.15, 0.2) is 273 Å². The first-order chi connectivity index (χ1) is 34.7. The predicted octanol–water partition coefficient (Wildman–Crippen LogP) is 18.4. The largest absolute Gasteiger partial charge is 0.354 e. The summed E-state index contributed by atoms with van der Waals surface area (Å²) in [5.41, 5.74) is 19.5. The van der Waals surface area contributed by atoms with Crippen LogP contribution in [-0.2, 0) is 0 Å². The Hall–Kier alpha value is -9.38. The van der Waals surface area contributed by atoms with Gasteiger partial charge in [0.15, 0.2) is 0 Å². The van der Waals surface area contributed by atoms with Gasteiger partial charge >= 0.3 is 0 Å². The molecule has 0 unspecified atom stereocenters. The van der Waals surface area contributed by atoms with Crippen LogP contribution in [0.2, 0.25) is 0 Å². The number of rotatable bonds is 10. The Labute approximate surface area is 407 Å². The Balaban J connectivity index is 0.884. The molecule has 2 heterocycles. The number of para-hydroxylation sites is 6. The van der Waals surface area contributed by atoms with Crippen LogP contribution in [0.5, 0.6) is 0 Å². The Morgan fingerprint density at radius 2 is 0.657 bits per heavy atom. The van der Waals surface area contributed by atoms with Gasteiger partial charge in [0, 0.05) is 72.4 Å². The summed E-state index contributed by atoms with van der Waals surface area (Å²) >= 11 is 0. The van der Waals surface area contributed by atoms with Crippen molar-refractivity contribution in [3.63, 3.8) is 0 Å². The summed E-state index contributed by atoms with van der Waals surface area (Å²) in [5.74, 6) is 0. The number of aromatic nitrogens is 2. The van der Waals surface area contributed by atoms with Crippen LogP contribution in [0.25, 0.3) is 82.7 Å². The van der Waals surface area contributed by atoms with E-state index in [4.69, 9.17) is 0 Å². The molecule has 4 nitrogen and oxygen atoms in total. The molecule has 13 aromatic rings. The molecule has 0 spiro atoms. The van der Waals surface area contributed by atoms with Crippen molar-refractivity contribution in [2.24, 2.45) is 0 Å². The van der Waals surface area contributed by atoms with Crippen molar-refractivity contribution in [3.8, 4) is 39.1 Å². The average Bonchev–Trinajstić information content (AvgIpc) is 3.98. The van der Waals surface area contributed by atoms with E-state index in [9.17, 15) is 0 Å². The summed E-state index contributed by atoms with van der Waals surface area (Å²) in [6, 6.07) is 98.2. The molecular formula is C66H46N4. The van der Waals surface area contributed by atoms with Gasteiger partial charge in [-0.05, 0) is 131 Å². The molecule has 4 heteroatoms. The summed E-state index contributed by atoms with van der Waals surface area (Å²) in [6.07, 6.45) is 0. The molecule has 0 aliphatic carbocycles. The monoisotopic (exact) mass is 894 g/mol. The summed E-state index contributed by atoms with van der Waals surface area (Å²) in [5, 5.41) is 4.87. The van der Waals surface area contributed by atoms with Crippen LogP contribution >= 0.6 is 0 Å². The lowest BCUT2D eigenvalue weighted by molar-refractivity contribution is 1.18. The molecular weight excluding hydrogens is 849 g/mol. The molecule has 0 amide bonds. The lowest BCUT2D eigenvalue weighted by Gasteiger charge is -2.25. The van der Waals surface area contributed by atoms with Gasteiger partial charge in [0.2, 0.25) is 0 Å². The SMILES string of the molecule is c1ccc(N(c2ccccc2)c2ccc(-c3ccc(-c4c5[nH]c6ccccc6c5cc5c4c4ccccc4n5-c4ccc(-c5ccc(N(c6ccccc6)c6ccccc6)cc5)cc4)cc3)cc2)cc1. The highest BCUT2D eigenvalue weighted by molar-refractivity contribution is 6.26. The van der Waals surface area contributed by atoms with Gasteiger partial charge in [0.05, 0.1) is 16.6 Å². The molecule has 0 radical (unpaired) electrons. The van der Waals surface area contributed by atoms with E-state index in [1.165, 1.54) is 66.0 Å². The quantitative estimate of drug-likeness (QED) is 0.148. The topological polar surface area (TPSA) is 27.2 Å². The Morgan fingerprint density at radius 1 is 0.286 bits per heavy atom. The van der Waals surface area contributed by atoms with Gasteiger partial charge in [-0.25, -0.2) is 0 Å². The van der Waals surface area contributed by atoms with Crippen LogP contribution in [0.4, 0.5) is 34.1 Å². The number of fused-ring (bicyclic) bond motifs is 6. The number of nitrogens with zero attached hydrogens (tertiary/aromatic N) is 3. The first-order valence-electron chi connectivity index (χ1n) is 23.9. The van der Waals surface area contributed by atoms with Crippen molar-refractivity contribution in [2.75, 3.05) is 9.80 Å². The average molecular weight is 895 g/mol. The van der Waals surface area contributed by atoms with E-state index >= 15 is 0 Å². The fraction of sp³-hybridized carbons (Fsp3) is 0. The van der Waals surface area contributed by atoms with E-state index in [0.717, 1.165) is 50.8 Å². The van der Waals surface area contributed by atoms with Gasteiger partial charge in [0.25, 0.3) is 0 Å². The lowest BCUT2D eigenvalue weighted by Crippen LogP contribution is -2.09. The molecule has 0 saturated carbocycles. The molecule has 0 atom stereocenters. The van der Waals surface area contributed by atoms with Gasteiger partial charge in [0.1, 0.15) is 0 Å². The van der Waals surface area contributed by atoms with E-state index in [1.54, 1.807) is 0 Å².